The molecule has 5 rings (SSSR count). The van der Waals surface area contributed by atoms with Crippen LogP contribution in [0.4, 0.5) is 0 Å². The normalized spacial score (nSPS) is 45.6. The van der Waals surface area contributed by atoms with Crippen LogP contribution in [-0.4, -0.2) is 99.5 Å². The summed E-state index contributed by atoms with van der Waals surface area (Å²) in [5.41, 5.74) is -0.711. The molecule has 180 valence electrons. The van der Waals surface area contributed by atoms with Gasteiger partial charge >= 0.3 is 5.97 Å². The second-order valence-corrected chi connectivity index (χ2v) is 8.66. The Morgan fingerprint density at radius 3 is 2.48 bits per heavy atom. The van der Waals surface area contributed by atoms with Crippen molar-refractivity contribution >= 4 is 5.97 Å². The number of fused-ring (bicyclic) bond motifs is 3. The van der Waals surface area contributed by atoms with Gasteiger partial charge < -0.3 is 49.2 Å². The van der Waals surface area contributed by atoms with Crippen molar-refractivity contribution in [3.05, 3.63) is 48.2 Å². The fourth-order valence-electron chi connectivity index (χ4n) is 5.05. The van der Waals surface area contributed by atoms with Crippen molar-refractivity contribution in [2.45, 2.75) is 54.8 Å². The van der Waals surface area contributed by atoms with Crippen LogP contribution < -0.4 is 0 Å². The molecule has 1 aromatic carbocycles. The van der Waals surface area contributed by atoms with Crippen LogP contribution in [0.25, 0.3) is 0 Å². The number of esters is 1. The number of aliphatic hydroxyl groups excluding tert-OH is 5. The van der Waals surface area contributed by atoms with E-state index in [1.165, 1.54) is 6.26 Å². The quantitative estimate of drug-likeness (QED) is 0.239. The minimum absolute atomic E-state index is 0.376. The van der Waals surface area contributed by atoms with Gasteiger partial charge in [-0.05, 0) is 18.2 Å². The number of hydrogen-bond donors (Lipinski definition) is 5. The molecule has 11 nitrogen and oxygen atoms in total. The van der Waals surface area contributed by atoms with E-state index in [0.29, 0.717) is 5.56 Å². The monoisotopic (exact) mass is 466 g/mol. The highest BCUT2D eigenvalue weighted by Gasteiger charge is 2.77. The van der Waals surface area contributed by atoms with Gasteiger partial charge in [0.05, 0.1) is 31.0 Å². The fraction of sp³-hybridized carbons (Fsp3) is 0.591. The molecule has 11 atom stereocenters. The number of benzene rings is 1. The molecule has 0 bridgehead atoms. The van der Waals surface area contributed by atoms with Crippen LogP contribution in [-0.2, 0) is 23.7 Å². The molecule has 1 aliphatic carbocycles. The average molecular weight is 466 g/mol. The van der Waals surface area contributed by atoms with Gasteiger partial charge in [-0.15, -0.1) is 0 Å². The van der Waals surface area contributed by atoms with Crippen LogP contribution in [0.3, 0.4) is 0 Å². The molecule has 3 heterocycles. The summed E-state index contributed by atoms with van der Waals surface area (Å²) in [4.78, 5) is 12.7. The van der Waals surface area contributed by atoms with Gasteiger partial charge in [-0.2, -0.15) is 0 Å². The average Bonchev–Trinajstić information content (AvgIpc) is 3.52. The lowest BCUT2D eigenvalue weighted by atomic mass is 9.85. The smallest absolute Gasteiger partial charge is 0.338 e. The number of rotatable bonds is 6. The Bertz CT molecular complexity index is 892. The lowest BCUT2D eigenvalue weighted by molar-refractivity contribution is -0.344. The van der Waals surface area contributed by atoms with E-state index in [2.05, 4.69) is 0 Å². The number of hydrogen-bond acceptors (Lipinski definition) is 11. The Labute approximate surface area is 188 Å². The van der Waals surface area contributed by atoms with E-state index >= 15 is 0 Å². The van der Waals surface area contributed by atoms with Crippen LogP contribution in [0.15, 0.2) is 42.7 Å². The zero-order valence-corrected chi connectivity index (χ0v) is 17.4. The maximum atomic E-state index is 12.7. The molecule has 1 aromatic rings. The third-order valence-corrected chi connectivity index (χ3v) is 6.85. The van der Waals surface area contributed by atoms with Crippen molar-refractivity contribution in [2.75, 3.05) is 13.2 Å². The molecule has 0 amide bonds. The first kappa shape index (κ1) is 22.7. The van der Waals surface area contributed by atoms with Gasteiger partial charge in [0.1, 0.15) is 42.2 Å². The Balaban J connectivity index is 1.35. The van der Waals surface area contributed by atoms with Crippen molar-refractivity contribution < 1.29 is 54.0 Å². The van der Waals surface area contributed by atoms with E-state index in [-0.39, 0.29) is 6.61 Å². The van der Waals surface area contributed by atoms with Crippen molar-refractivity contribution in [1.82, 2.24) is 0 Å². The van der Waals surface area contributed by atoms with Crippen LogP contribution in [0.2, 0.25) is 0 Å². The molecule has 0 radical (unpaired) electrons. The molecule has 3 aliphatic heterocycles. The molecule has 5 N–H and O–H groups in total. The summed E-state index contributed by atoms with van der Waals surface area (Å²) in [5.74, 6) is -1.58. The van der Waals surface area contributed by atoms with Crippen LogP contribution in [0.1, 0.15) is 10.4 Å². The van der Waals surface area contributed by atoms with Crippen molar-refractivity contribution in [3.63, 3.8) is 0 Å². The molecule has 0 unspecified atom stereocenters. The van der Waals surface area contributed by atoms with E-state index < -0.39 is 79.2 Å². The second-order valence-electron chi connectivity index (χ2n) is 8.66. The van der Waals surface area contributed by atoms with Crippen LogP contribution >= 0.6 is 0 Å². The third kappa shape index (κ3) is 3.65. The largest absolute Gasteiger partial charge is 0.472 e. The number of carbonyl (C=O) groups excluding carboxylic acids is 1. The minimum Gasteiger partial charge on any atom is -0.472 e. The van der Waals surface area contributed by atoms with Gasteiger partial charge in [-0.3, -0.25) is 0 Å². The molecule has 2 saturated heterocycles. The highest BCUT2D eigenvalue weighted by molar-refractivity contribution is 5.89. The SMILES string of the molecule is O=C(O[C@H]1[C@H]2C=CO[C@H](O[C@@H]3O[C@H](CO)[C@@H](O)[C@H](O)[C@H]3O)[C@@H]2[C@@]2(CO)O[C@@H]12)c1ccccc1. The molecule has 1 saturated carbocycles. The van der Waals surface area contributed by atoms with Crippen molar-refractivity contribution in [1.29, 1.82) is 0 Å². The summed E-state index contributed by atoms with van der Waals surface area (Å²) in [6.45, 7) is -0.991. The highest BCUT2D eigenvalue weighted by atomic mass is 16.8. The molecule has 4 aliphatic rings. The fourth-order valence-corrected chi connectivity index (χ4v) is 5.05. The molecular weight excluding hydrogens is 440 g/mol. The summed E-state index contributed by atoms with van der Waals surface area (Å²) in [5, 5.41) is 49.9. The van der Waals surface area contributed by atoms with Gasteiger partial charge in [0.25, 0.3) is 0 Å². The Morgan fingerprint density at radius 2 is 1.79 bits per heavy atom. The molecule has 0 aromatic heterocycles. The topological polar surface area (TPSA) is 168 Å². The number of aliphatic hydroxyl groups is 5. The van der Waals surface area contributed by atoms with Gasteiger partial charge in [0.15, 0.2) is 6.29 Å². The standard InChI is InChI=1S/C22H26O11/c23-8-12-14(25)15(26)16(27)21(30-12)32-20-13-11(6-7-29-20)17(18-22(13,9-24)33-18)31-19(28)10-4-2-1-3-5-10/h1-7,11-18,20-21,23-27H,8-9H2/t11-,12+,13+,14+,15-,16+,17-,18-,20+,21-,22+/m0/s1. The minimum atomic E-state index is -1.62. The molecular formula is C22H26O11. The summed E-state index contributed by atoms with van der Waals surface area (Å²) < 4.78 is 28.4. The predicted molar refractivity (Wildman–Crippen MR) is 106 cm³/mol. The van der Waals surface area contributed by atoms with Crippen molar-refractivity contribution in [3.8, 4) is 0 Å². The summed E-state index contributed by atoms with van der Waals surface area (Å²) in [7, 11) is 0. The third-order valence-electron chi connectivity index (χ3n) is 6.85. The summed E-state index contributed by atoms with van der Waals surface area (Å²) >= 11 is 0. The first-order valence-corrected chi connectivity index (χ1v) is 10.7. The first-order valence-electron chi connectivity index (χ1n) is 10.7. The maximum Gasteiger partial charge on any atom is 0.338 e. The number of epoxide rings is 1. The predicted octanol–water partition coefficient (Wildman–Crippen LogP) is -1.73. The van der Waals surface area contributed by atoms with Crippen LogP contribution in [0.5, 0.6) is 0 Å². The molecule has 0 spiro atoms. The van der Waals surface area contributed by atoms with E-state index in [9.17, 15) is 30.3 Å². The van der Waals surface area contributed by atoms with Gasteiger partial charge in [-0.1, -0.05) is 18.2 Å². The first-order chi connectivity index (χ1) is 15.9. The highest BCUT2D eigenvalue weighted by Crippen LogP contribution is 2.60. The van der Waals surface area contributed by atoms with Gasteiger partial charge in [-0.25, -0.2) is 4.79 Å². The van der Waals surface area contributed by atoms with E-state index in [1.54, 1.807) is 36.4 Å². The van der Waals surface area contributed by atoms with Gasteiger partial charge in [0.2, 0.25) is 6.29 Å². The van der Waals surface area contributed by atoms with Crippen molar-refractivity contribution in [2.24, 2.45) is 11.8 Å². The second kappa shape index (κ2) is 8.60. The van der Waals surface area contributed by atoms with E-state index in [1.807, 2.05) is 0 Å². The Morgan fingerprint density at radius 1 is 1.03 bits per heavy atom. The van der Waals surface area contributed by atoms with E-state index in [4.69, 9.17) is 23.7 Å². The lowest BCUT2D eigenvalue weighted by Crippen LogP contribution is -2.60. The lowest BCUT2D eigenvalue weighted by Gasteiger charge is -2.43. The summed E-state index contributed by atoms with van der Waals surface area (Å²) in [6, 6.07) is 8.49. The van der Waals surface area contributed by atoms with E-state index in [0.717, 1.165) is 0 Å². The number of ether oxygens (including phenoxy) is 5. The zero-order chi connectivity index (χ0) is 23.3. The number of carbonyl (C=O) groups is 1. The van der Waals surface area contributed by atoms with Crippen LogP contribution in [0, 0.1) is 11.8 Å². The van der Waals surface area contributed by atoms with Gasteiger partial charge in [0, 0.05) is 5.92 Å². The Hall–Kier alpha value is -2.09. The molecule has 11 heteroatoms. The zero-order valence-electron chi connectivity index (χ0n) is 17.4. The Kier molecular flexibility index (Phi) is 5.91. The molecule has 3 fully saturated rings. The molecule has 33 heavy (non-hydrogen) atoms. The maximum absolute atomic E-state index is 12.7. The summed E-state index contributed by atoms with van der Waals surface area (Å²) in [6.07, 6.45) is -6.67.